The Bertz CT molecular complexity index is 456. The molecule has 1 aromatic rings. The Balaban J connectivity index is 1.87. The minimum Gasteiger partial charge on any atom is -0.409 e. The van der Waals surface area contributed by atoms with Crippen molar-refractivity contribution in [2.75, 3.05) is 31.1 Å². The molecule has 1 aromatic heterocycles. The van der Waals surface area contributed by atoms with Crippen LogP contribution in [0.5, 0.6) is 0 Å². The molecule has 19 heavy (non-hydrogen) atoms. The van der Waals surface area contributed by atoms with Crippen molar-refractivity contribution >= 4 is 17.7 Å². The predicted octanol–water partition coefficient (Wildman–Crippen LogP) is -0.738. The molecule has 2 heterocycles. The van der Waals surface area contributed by atoms with Crippen molar-refractivity contribution in [1.29, 1.82) is 0 Å². The standard InChI is InChI=1S/C11H16N6O2/c12-9(15-19)8-10(18)16-4-6-17(7-5-16)11-13-2-1-3-14-11/h1-3,19H,4-8H2,(H2,12,15). The summed E-state index contributed by atoms with van der Waals surface area (Å²) in [6.07, 6.45) is 3.33. The van der Waals surface area contributed by atoms with Crippen molar-refractivity contribution in [1.82, 2.24) is 14.9 Å². The minimum absolute atomic E-state index is 0.0572. The number of oxime groups is 1. The van der Waals surface area contributed by atoms with Crippen LogP contribution in [0.3, 0.4) is 0 Å². The molecule has 0 radical (unpaired) electrons. The number of anilines is 1. The highest BCUT2D eigenvalue weighted by molar-refractivity contribution is 5.98. The molecule has 0 spiro atoms. The normalized spacial score (nSPS) is 16.5. The summed E-state index contributed by atoms with van der Waals surface area (Å²) in [5, 5.41) is 11.2. The van der Waals surface area contributed by atoms with Gasteiger partial charge in [-0.25, -0.2) is 9.97 Å². The van der Waals surface area contributed by atoms with Crippen LogP contribution in [0.4, 0.5) is 5.95 Å². The van der Waals surface area contributed by atoms with Gasteiger partial charge in [-0.1, -0.05) is 5.16 Å². The summed E-state index contributed by atoms with van der Waals surface area (Å²) < 4.78 is 0. The lowest BCUT2D eigenvalue weighted by Crippen LogP contribution is -2.49. The minimum atomic E-state index is -0.135. The van der Waals surface area contributed by atoms with E-state index in [0.717, 1.165) is 0 Å². The third-order valence-electron chi connectivity index (χ3n) is 2.93. The first-order chi connectivity index (χ1) is 9.20. The van der Waals surface area contributed by atoms with Gasteiger partial charge in [0.05, 0.1) is 6.42 Å². The van der Waals surface area contributed by atoms with Gasteiger partial charge in [-0.15, -0.1) is 0 Å². The second-order valence-electron chi connectivity index (χ2n) is 4.18. The van der Waals surface area contributed by atoms with Gasteiger partial charge in [0.2, 0.25) is 11.9 Å². The average Bonchev–Trinajstić information content (AvgIpc) is 2.48. The second kappa shape index (κ2) is 5.98. The van der Waals surface area contributed by atoms with Crippen molar-refractivity contribution in [3.63, 3.8) is 0 Å². The first-order valence-corrected chi connectivity index (χ1v) is 5.97. The molecule has 0 aromatic carbocycles. The topological polar surface area (TPSA) is 108 Å². The highest BCUT2D eigenvalue weighted by Gasteiger charge is 2.22. The molecule has 102 valence electrons. The molecule has 0 atom stereocenters. The molecule has 0 saturated carbocycles. The van der Waals surface area contributed by atoms with Crippen molar-refractivity contribution in [3.8, 4) is 0 Å². The Morgan fingerprint density at radius 1 is 1.32 bits per heavy atom. The maximum absolute atomic E-state index is 11.8. The highest BCUT2D eigenvalue weighted by atomic mass is 16.4. The number of rotatable bonds is 3. The van der Waals surface area contributed by atoms with E-state index >= 15 is 0 Å². The fraction of sp³-hybridized carbons (Fsp3) is 0.455. The first-order valence-electron chi connectivity index (χ1n) is 5.97. The van der Waals surface area contributed by atoms with Crippen molar-refractivity contribution in [3.05, 3.63) is 18.5 Å². The summed E-state index contributed by atoms with van der Waals surface area (Å²) in [6, 6.07) is 1.76. The van der Waals surface area contributed by atoms with Crippen LogP contribution in [0.1, 0.15) is 6.42 Å². The quantitative estimate of drug-likeness (QED) is 0.322. The lowest BCUT2D eigenvalue weighted by molar-refractivity contribution is -0.130. The fourth-order valence-corrected chi connectivity index (χ4v) is 1.91. The number of amidine groups is 1. The lowest BCUT2D eigenvalue weighted by Gasteiger charge is -2.34. The van der Waals surface area contributed by atoms with Gasteiger partial charge in [0, 0.05) is 38.6 Å². The molecule has 8 heteroatoms. The number of piperazine rings is 1. The number of hydrogen-bond acceptors (Lipinski definition) is 6. The van der Waals surface area contributed by atoms with E-state index in [0.29, 0.717) is 32.1 Å². The molecule has 0 bridgehead atoms. The predicted molar refractivity (Wildman–Crippen MR) is 68.9 cm³/mol. The van der Waals surface area contributed by atoms with Gasteiger partial charge >= 0.3 is 0 Å². The summed E-state index contributed by atoms with van der Waals surface area (Å²) in [7, 11) is 0. The van der Waals surface area contributed by atoms with E-state index in [1.54, 1.807) is 23.4 Å². The monoisotopic (exact) mass is 264 g/mol. The fourth-order valence-electron chi connectivity index (χ4n) is 1.91. The van der Waals surface area contributed by atoms with E-state index in [1.165, 1.54) is 0 Å². The lowest BCUT2D eigenvalue weighted by atomic mass is 10.2. The number of amides is 1. The smallest absolute Gasteiger partial charge is 0.230 e. The van der Waals surface area contributed by atoms with Crippen LogP contribution in [-0.4, -0.2) is 58.0 Å². The van der Waals surface area contributed by atoms with Crippen LogP contribution in [0, 0.1) is 0 Å². The van der Waals surface area contributed by atoms with E-state index in [9.17, 15) is 4.79 Å². The Kier molecular flexibility index (Phi) is 4.11. The maximum Gasteiger partial charge on any atom is 0.230 e. The largest absolute Gasteiger partial charge is 0.409 e. The summed E-state index contributed by atoms with van der Waals surface area (Å²) in [5.41, 5.74) is 5.32. The zero-order valence-corrected chi connectivity index (χ0v) is 10.4. The molecule has 3 N–H and O–H groups in total. The van der Waals surface area contributed by atoms with Crippen LogP contribution in [0.2, 0.25) is 0 Å². The van der Waals surface area contributed by atoms with Gasteiger partial charge in [-0.05, 0) is 6.07 Å². The number of hydrogen-bond donors (Lipinski definition) is 2. The molecular weight excluding hydrogens is 248 g/mol. The zero-order valence-electron chi connectivity index (χ0n) is 10.4. The Morgan fingerprint density at radius 3 is 2.53 bits per heavy atom. The van der Waals surface area contributed by atoms with Crippen molar-refractivity contribution in [2.45, 2.75) is 6.42 Å². The summed E-state index contributed by atoms with van der Waals surface area (Å²) in [5.74, 6) is 0.466. The zero-order chi connectivity index (χ0) is 13.7. The molecule has 1 aliphatic rings. The Hall–Kier alpha value is -2.38. The Morgan fingerprint density at radius 2 is 1.95 bits per heavy atom. The summed E-state index contributed by atoms with van der Waals surface area (Å²) in [6.45, 7) is 2.50. The van der Waals surface area contributed by atoms with Crippen LogP contribution in [-0.2, 0) is 4.79 Å². The third-order valence-corrected chi connectivity index (χ3v) is 2.93. The molecule has 2 rings (SSSR count). The summed E-state index contributed by atoms with van der Waals surface area (Å²) in [4.78, 5) is 23.9. The summed E-state index contributed by atoms with van der Waals surface area (Å²) >= 11 is 0. The van der Waals surface area contributed by atoms with Gasteiger partial charge in [0.25, 0.3) is 0 Å². The van der Waals surface area contributed by atoms with Gasteiger partial charge in [0.15, 0.2) is 0 Å². The Labute approximate surface area is 110 Å². The molecule has 1 saturated heterocycles. The molecular formula is C11H16N6O2. The van der Waals surface area contributed by atoms with Gasteiger partial charge in [0.1, 0.15) is 5.84 Å². The average molecular weight is 264 g/mol. The third kappa shape index (κ3) is 3.30. The van der Waals surface area contributed by atoms with Crippen LogP contribution in [0.15, 0.2) is 23.6 Å². The molecule has 1 amide bonds. The maximum atomic E-state index is 11.8. The van der Waals surface area contributed by atoms with Gasteiger partial charge < -0.3 is 20.7 Å². The molecule has 0 aliphatic carbocycles. The van der Waals surface area contributed by atoms with Gasteiger partial charge in [-0.2, -0.15) is 0 Å². The van der Waals surface area contributed by atoms with Crippen molar-refractivity contribution < 1.29 is 10.0 Å². The van der Waals surface area contributed by atoms with E-state index in [2.05, 4.69) is 15.1 Å². The first kappa shape index (κ1) is 13.1. The molecule has 1 fully saturated rings. The SMILES string of the molecule is N/C(CC(=O)N1CCN(c2ncccn2)CC1)=N\O. The van der Waals surface area contributed by atoms with E-state index in [4.69, 9.17) is 10.9 Å². The number of carbonyl (C=O) groups excluding carboxylic acids is 1. The molecule has 8 nitrogen and oxygen atoms in total. The second-order valence-corrected chi connectivity index (χ2v) is 4.18. The molecule has 0 unspecified atom stereocenters. The van der Waals surface area contributed by atoms with Crippen molar-refractivity contribution in [2.24, 2.45) is 10.9 Å². The number of nitrogens with zero attached hydrogens (tertiary/aromatic N) is 5. The van der Waals surface area contributed by atoms with Crippen LogP contribution in [0.25, 0.3) is 0 Å². The highest BCUT2D eigenvalue weighted by Crippen LogP contribution is 2.10. The molecule has 1 aliphatic heterocycles. The van der Waals surface area contributed by atoms with Crippen LogP contribution >= 0.6 is 0 Å². The van der Waals surface area contributed by atoms with Gasteiger partial charge in [-0.3, -0.25) is 4.79 Å². The number of carbonyl (C=O) groups is 1. The van der Waals surface area contributed by atoms with E-state index in [1.807, 2.05) is 4.90 Å². The number of aromatic nitrogens is 2. The number of nitrogens with two attached hydrogens (primary N) is 1. The van der Waals surface area contributed by atoms with E-state index in [-0.39, 0.29) is 18.2 Å². The van der Waals surface area contributed by atoms with E-state index < -0.39 is 0 Å². The van der Waals surface area contributed by atoms with Crippen LogP contribution < -0.4 is 10.6 Å².